The van der Waals surface area contributed by atoms with Gasteiger partial charge in [0.2, 0.25) is 0 Å². The van der Waals surface area contributed by atoms with E-state index in [0.717, 1.165) is 33.9 Å². The van der Waals surface area contributed by atoms with Gasteiger partial charge in [-0.05, 0) is 129 Å². The van der Waals surface area contributed by atoms with E-state index < -0.39 is 0 Å². The molecule has 2 nitrogen and oxygen atoms in total. The fourth-order valence-electron chi connectivity index (χ4n) is 9.08. The Kier molecular flexibility index (Phi) is 9.57. The van der Waals surface area contributed by atoms with Crippen LogP contribution < -0.4 is 4.90 Å². The maximum Gasteiger partial charge on any atom is 0.0547 e. The molecule has 292 valence electrons. The van der Waals surface area contributed by atoms with Gasteiger partial charge in [0.15, 0.2) is 0 Å². The van der Waals surface area contributed by atoms with Crippen LogP contribution >= 0.6 is 0 Å². The van der Waals surface area contributed by atoms with Crippen LogP contribution in [-0.2, 0) is 0 Å². The summed E-state index contributed by atoms with van der Waals surface area (Å²) in [6, 6.07) is 92.0. The van der Waals surface area contributed by atoms with Gasteiger partial charge < -0.3 is 9.47 Å². The number of nitrogens with zero attached hydrogens (tertiary/aromatic N) is 2. The number of fused-ring (bicyclic) bond motifs is 3. The van der Waals surface area contributed by atoms with Crippen LogP contribution in [0.2, 0.25) is 0 Å². The van der Waals surface area contributed by atoms with E-state index in [0.29, 0.717) is 0 Å². The third-order valence-electron chi connectivity index (χ3n) is 12.0. The summed E-state index contributed by atoms with van der Waals surface area (Å²) in [5, 5.41) is 2.50. The van der Waals surface area contributed by atoms with Crippen molar-refractivity contribution in [2.75, 3.05) is 4.90 Å². The second-order valence-corrected chi connectivity index (χ2v) is 15.7. The summed E-state index contributed by atoms with van der Waals surface area (Å²) in [4.78, 5) is 2.38. The maximum atomic E-state index is 2.39. The van der Waals surface area contributed by atoms with Crippen LogP contribution in [0, 0.1) is 0 Å². The molecule has 11 rings (SSSR count). The van der Waals surface area contributed by atoms with Crippen molar-refractivity contribution >= 4 is 38.9 Å². The van der Waals surface area contributed by atoms with Crippen molar-refractivity contribution in [2.24, 2.45) is 0 Å². The number of para-hydroxylation sites is 4. The lowest BCUT2D eigenvalue weighted by atomic mass is 9.93. The standard InChI is InChI=1S/C60H42N2/c1-5-19-43(20-6-1)48-40-49(44-21-7-2-8-22-44)42-50(41-48)45-35-37-53(38-36-45)61(51-25-9-3-10-26-51)57-32-15-13-29-54(57)46-23-17-24-47(39-46)55-31-18-34-59-60(55)56-30-14-16-33-58(56)62(59)52-27-11-4-12-28-52/h1-42H. The minimum absolute atomic E-state index is 1.09. The summed E-state index contributed by atoms with van der Waals surface area (Å²) in [7, 11) is 0. The summed E-state index contributed by atoms with van der Waals surface area (Å²) in [5.41, 5.74) is 18.7. The Hall–Kier alpha value is -8.20. The van der Waals surface area contributed by atoms with Gasteiger partial charge in [-0.15, -0.1) is 0 Å². The van der Waals surface area contributed by atoms with Gasteiger partial charge in [0.25, 0.3) is 0 Å². The van der Waals surface area contributed by atoms with Crippen molar-refractivity contribution in [2.45, 2.75) is 0 Å². The molecular weight excluding hydrogens is 749 g/mol. The molecule has 0 amide bonds. The van der Waals surface area contributed by atoms with Gasteiger partial charge in [0.1, 0.15) is 0 Å². The molecule has 0 saturated carbocycles. The quantitative estimate of drug-likeness (QED) is 0.141. The Morgan fingerprint density at radius 3 is 1.37 bits per heavy atom. The van der Waals surface area contributed by atoms with Crippen LogP contribution in [0.1, 0.15) is 0 Å². The minimum atomic E-state index is 1.09. The van der Waals surface area contributed by atoms with Crippen LogP contribution in [0.3, 0.4) is 0 Å². The van der Waals surface area contributed by atoms with Gasteiger partial charge in [-0.25, -0.2) is 0 Å². The molecule has 1 heterocycles. The Bertz CT molecular complexity index is 3260. The first-order chi connectivity index (χ1) is 30.8. The van der Waals surface area contributed by atoms with Crippen LogP contribution in [0.15, 0.2) is 255 Å². The monoisotopic (exact) mass is 790 g/mol. The number of rotatable bonds is 9. The topological polar surface area (TPSA) is 8.17 Å². The fraction of sp³-hybridized carbons (Fsp3) is 0. The predicted octanol–water partition coefficient (Wildman–Crippen LogP) is 16.6. The van der Waals surface area contributed by atoms with Gasteiger partial charge in [0, 0.05) is 33.4 Å². The zero-order chi connectivity index (χ0) is 41.2. The van der Waals surface area contributed by atoms with E-state index in [1.54, 1.807) is 0 Å². The predicted molar refractivity (Wildman–Crippen MR) is 263 cm³/mol. The smallest absolute Gasteiger partial charge is 0.0547 e. The molecule has 0 atom stereocenters. The van der Waals surface area contributed by atoms with E-state index in [4.69, 9.17) is 0 Å². The Morgan fingerprint density at radius 2 is 0.710 bits per heavy atom. The minimum Gasteiger partial charge on any atom is -0.310 e. The second-order valence-electron chi connectivity index (χ2n) is 15.7. The first-order valence-corrected chi connectivity index (χ1v) is 21.3. The van der Waals surface area contributed by atoms with E-state index in [1.807, 2.05) is 0 Å². The third kappa shape index (κ3) is 6.84. The van der Waals surface area contributed by atoms with Crippen molar-refractivity contribution in [1.82, 2.24) is 4.57 Å². The zero-order valence-electron chi connectivity index (χ0n) is 34.1. The van der Waals surface area contributed by atoms with Gasteiger partial charge in [0.05, 0.1) is 16.7 Å². The number of aromatic nitrogens is 1. The van der Waals surface area contributed by atoms with E-state index >= 15 is 0 Å². The lowest BCUT2D eigenvalue weighted by Gasteiger charge is -2.28. The molecule has 0 fully saturated rings. The number of hydrogen-bond acceptors (Lipinski definition) is 1. The van der Waals surface area contributed by atoms with Crippen LogP contribution in [0.5, 0.6) is 0 Å². The molecule has 0 aliphatic heterocycles. The van der Waals surface area contributed by atoms with Crippen LogP contribution in [-0.4, -0.2) is 4.57 Å². The first kappa shape index (κ1) is 36.8. The van der Waals surface area contributed by atoms with Crippen LogP contribution in [0.4, 0.5) is 17.1 Å². The molecule has 10 aromatic carbocycles. The Morgan fingerprint density at radius 1 is 0.274 bits per heavy atom. The molecule has 0 bridgehead atoms. The number of hydrogen-bond donors (Lipinski definition) is 0. The third-order valence-corrected chi connectivity index (χ3v) is 12.0. The van der Waals surface area contributed by atoms with E-state index in [9.17, 15) is 0 Å². The summed E-state index contributed by atoms with van der Waals surface area (Å²) in [5.74, 6) is 0. The average Bonchev–Trinajstić information content (AvgIpc) is 3.70. The number of benzene rings is 10. The summed E-state index contributed by atoms with van der Waals surface area (Å²) >= 11 is 0. The van der Waals surface area contributed by atoms with E-state index in [2.05, 4.69) is 264 Å². The highest BCUT2D eigenvalue weighted by molar-refractivity contribution is 6.16. The summed E-state index contributed by atoms with van der Waals surface area (Å²) < 4.78 is 2.39. The molecule has 0 saturated heterocycles. The van der Waals surface area contributed by atoms with Crippen LogP contribution in [0.25, 0.3) is 83.1 Å². The average molecular weight is 791 g/mol. The SMILES string of the molecule is c1ccc(-c2cc(-c3ccccc3)cc(-c3ccc(N(c4ccccc4)c4ccccc4-c4cccc(-c5cccc6c5c5ccccc5n6-c5ccccc5)c4)cc3)c2)cc1. The van der Waals surface area contributed by atoms with Crippen molar-refractivity contribution < 1.29 is 0 Å². The molecule has 11 aromatic rings. The molecule has 1 aromatic heterocycles. The lowest BCUT2D eigenvalue weighted by molar-refractivity contribution is 1.18. The van der Waals surface area contributed by atoms with Crippen molar-refractivity contribution in [3.8, 4) is 61.3 Å². The molecule has 0 N–H and O–H groups in total. The maximum absolute atomic E-state index is 2.39. The molecule has 0 aliphatic carbocycles. The highest BCUT2D eigenvalue weighted by Crippen LogP contribution is 2.44. The van der Waals surface area contributed by atoms with Gasteiger partial charge in [-0.1, -0.05) is 176 Å². The van der Waals surface area contributed by atoms with Crippen molar-refractivity contribution in [3.05, 3.63) is 255 Å². The molecule has 0 spiro atoms. The molecular formula is C60H42N2. The first-order valence-electron chi connectivity index (χ1n) is 21.3. The lowest BCUT2D eigenvalue weighted by Crippen LogP contribution is -2.11. The Balaban J connectivity index is 1.01. The van der Waals surface area contributed by atoms with Crippen molar-refractivity contribution in [1.29, 1.82) is 0 Å². The van der Waals surface area contributed by atoms with Gasteiger partial charge in [-0.3, -0.25) is 0 Å². The summed E-state index contributed by atoms with van der Waals surface area (Å²) in [6.07, 6.45) is 0. The fourth-order valence-corrected chi connectivity index (χ4v) is 9.08. The van der Waals surface area contributed by atoms with Gasteiger partial charge >= 0.3 is 0 Å². The molecule has 62 heavy (non-hydrogen) atoms. The number of anilines is 3. The highest BCUT2D eigenvalue weighted by Gasteiger charge is 2.20. The second kappa shape index (κ2) is 16.1. The summed E-state index contributed by atoms with van der Waals surface area (Å²) in [6.45, 7) is 0. The molecule has 0 radical (unpaired) electrons. The van der Waals surface area contributed by atoms with E-state index in [-0.39, 0.29) is 0 Å². The molecule has 0 aliphatic rings. The largest absolute Gasteiger partial charge is 0.310 e. The molecule has 0 unspecified atom stereocenters. The van der Waals surface area contributed by atoms with Gasteiger partial charge in [-0.2, -0.15) is 0 Å². The van der Waals surface area contributed by atoms with Crippen molar-refractivity contribution in [3.63, 3.8) is 0 Å². The zero-order valence-corrected chi connectivity index (χ0v) is 34.1. The Labute approximate surface area is 362 Å². The normalized spacial score (nSPS) is 11.2. The molecule has 2 heteroatoms. The highest BCUT2D eigenvalue weighted by atomic mass is 15.1. The van der Waals surface area contributed by atoms with E-state index in [1.165, 1.54) is 66.3 Å².